The van der Waals surface area contributed by atoms with Gasteiger partial charge >= 0.3 is 0 Å². The van der Waals surface area contributed by atoms with Gasteiger partial charge in [0.25, 0.3) is 11.8 Å². The summed E-state index contributed by atoms with van der Waals surface area (Å²) in [6.45, 7) is -0.0296. The zero-order chi connectivity index (χ0) is 19.1. The minimum atomic E-state index is -2.91. The lowest BCUT2D eigenvalue weighted by Gasteiger charge is -2.19. The van der Waals surface area contributed by atoms with Crippen molar-refractivity contribution in [3.63, 3.8) is 0 Å². The number of anilines is 1. The van der Waals surface area contributed by atoms with Crippen molar-refractivity contribution < 1.29 is 18.0 Å². The van der Waals surface area contributed by atoms with Gasteiger partial charge in [-0.25, -0.2) is 18.2 Å². The Kier molecular flexibility index (Phi) is 4.61. The number of pyridine rings is 1. The number of nitrogens with zero attached hydrogens (tertiary/aromatic N) is 2. The standard InChI is InChI=1S/C16H19F3N6O/c1-22-5-7(4-20)13-11-8(6-23-15(11)26)12(17)14(25-13)24-10-3-16(18,19)2-9(10)21/h4-5,9-10H,2-3,6,20-21H2,1H3,(H,23,26)(H,24,25)/t9-,10+/m0/s1. The van der Waals surface area contributed by atoms with Crippen molar-refractivity contribution in [3.8, 4) is 0 Å². The average Bonchev–Trinajstić information content (AvgIpc) is 3.07. The molecule has 0 saturated heterocycles. The van der Waals surface area contributed by atoms with E-state index in [0.29, 0.717) is 5.57 Å². The highest BCUT2D eigenvalue weighted by Gasteiger charge is 2.45. The number of fused-ring (bicyclic) bond motifs is 1. The van der Waals surface area contributed by atoms with Gasteiger partial charge < -0.3 is 22.1 Å². The minimum Gasteiger partial charge on any atom is -0.404 e. The van der Waals surface area contributed by atoms with Crippen molar-refractivity contribution in [3.05, 3.63) is 28.8 Å². The number of halogens is 3. The predicted molar refractivity (Wildman–Crippen MR) is 91.5 cm³/mol. The SMILES string of the molecule is CN=CC(=CN)c1nc(N[C@@H]2CC(F)(F)C[C@@H]2N)c(F)c2c1C(=O)NC2. The second kappa shape index (κ2) is 6.60. The summed E-state index contributed by atoms with van der Waals surface area (Å²) in [6, 6.07) is -1.68. The topological polar surface area (TPSA) is 118 Å². The second-order valence-electron chi connectivity index (χ2n) is 6.35. The number of hydrogen-bond donors (Lipinski definition) is 4. The van der Waals surface area contributed by atoms with Gasteiger partial charge in [0.15, 0.2) is 11.6 Å². The maximum Gasteiger partial charge on any atom is 0.254 e. The smallest absolute Gasteiger partial charge is 0.254 e. The first kappa shape index (κ1) is 18.2. The van der Waals surface area contributed by atoms with Crippen LogP contribution in [0.4, 0.5) is 19.0 Å². The fourth-order valence-electron chi connectivity index (χ4n) is 3.28. The number of allylic oxidation sites excluding steroid dienone is 1. The summed E-state index contributed by atoms with van der Waals surface area (Å²) >= 11 is 0. The van der Waals surface area contributed by atoms with E-state index in [-0.39, 0.29) is 29.2 Å². The Hall–Kier alpha value is -2.62. The summed E-state index contributed by atoms with van der Waals surface area (Å²) in [5, 5.41) is 5.20. The number of nitrogens with one attached hydrogen (secondary N) is 2. The summed E-state index contributed by atoms with van der Waals surface area (Å²) in [4.78, 5) is 20.1. The summed E-state index contributed by atoms with van der Waals surface area (Å²) in [6.07, 6.45) is 1.57. The van der Waals surface area contributed by atoms with Gasteiger partial charge in [-0.1, -0.05) is 0 Å². The van der Waals surface area contributed by atoms with Gasteiger partial charge in [-0.3, -0.25) is 9.79 Å². The fourth-order valence-corrected chi connectivity index (χ4v) is 3.28. The highest BCUT2D eigenvalue weighted by molar-refractivity contribution is 6.14. The molecule has 1 amide bonds. The predicted octanol–water partition coefficient (Wildman–Crippen LogP) is 1.00. The maximum atomic E-state index is 14.8. The number of alkyl halides is 2. The lowest BCUT2D eigenvalue weighted by molar-refractivity contribution is 0.00733. The van der Waals surface area contributed by atoms with Crippen molar-refractivity contribution in [2.75, 3.05) is 12.4 Å². The van der Waals surface area contributed by atoms with Crippen LogP contribution >= 0.6 is 0 Å². The quantitative estimate of drug-likeness (QED) is 0.592. The molecule has 0 unspecified atom stereocenters. The molecule has 0 bridgehead atoms. The van der Waals surface area contributed by atoms with E-state index in [0.717, 1.165) is 0 Å². The number of nitrogens with two attached hydrogens (primary N) is 2. The molecule has 1 aliphatic heterocycles. The molecular weight excluding hydrogens is 349 g/mol. The van der Waals surface area contributed by atoms with Crippen molar-refractivity contribution in [2.24, 2.45) is 16.5 Å². The molecule has 1 aromatic rings. The zero-order valence-electron chi connectivity index (χ0n) is 14.0. The Labute approximate surface area is 147 Å². The Morgan fingerprint density at radius 3 is 2.77 bits per heavy atom. The van der Waals surface area contributed by atoms with Gasteiger partial charge in [0.05, 0.1) is 11.3 Å². The molecule has 2 aliphatic rings. The number of rotatable bonds is 4. The van der Waals surface area contributed by atoms with Crippen LogP contribution in [0.15, 0.2) is 11.2 Å². The Balaban J connectivity index is 2.06. The highest BCUT2D eigenvalue weighted by atomic mass is 19.3. The number of hydrogen-bond acceptors (Lipinski definition) is 6. The monoisotopic (exact) mass is 368 g/mol. The molecule has 1 saturated carbocycles. The Bertz CT molecular complexity index is 808. The van der Waals surface area contributed by atoms with E-state index in [9.17, 15) is 18.0 Å². The molecule has 2 heterocycles. The van der Waals surface area contributed by atoms with Crippen LogP contribution in [-0.2, 0) is 6.54 Å². The van der Waals surface area contributed by atoms with Gasteiger partial charge in [0, 0.05) is 62.1 Å². The van der Waals surface area contributed by atoms with Crippen LogP contribution in [0.5, 0.6) is 0 Å². The maximum absolute atomic E-state index is 14.8. The average molecular weight is 368 g/mol. The molecule has 10 heteroatoms. The van der Waals surface area contributed by atoms with Crippen LogP contribution in [-0.4, -0.2) is 42.2 Å². The van der Waals surface area contributed by atoms with Crippen molar-refractivity contribution >= 4 is 23.5 Å². The zero-order valence-corrected chi connectivity index (χ0v) is 14.0. The van der Waals surface area contributed by atoms with Gasteiger partial charge in [0.2, 0.25) is 0 Å². The number of aliphatic imine (C=N–C) groups is 1. The molecule has 0 radical (unpaired) electrons. The van der Waals surface area contributed by atoms with Crippen molar-refractivity contribution in [2.45, 2.75) is 37.4 Å². The number of aromatic nitrogens is 1. The van der Waals surface area contributed by atoms with E-state index in [1.54, 1.807) is 0 Å². The minimum absolute atomic E-state index is 0.0296. The van der Waals surface area contributed by atoms with Crippen molar-refractivity contribution in [1.82, 2.24) is 10.3 Å². The van der Waals surface area contributed by atoms with Crippen molar-refractivity contribution in [1.29, 1.82) is 0 Å². The van der Waals surface area contributed by atoms with Crippen LogP contribution in [0, 0.1) is 5.82 Å². The van der Waals surface area contributed by atoms with E-state index in [1.165, 1.54) is 19.5 Å². The van der Waals surface area contributed by atoms with E-state index in [1.807, 2.05) is 0 Å². The third kappa shape index (κ3) is 3.12. The first-order chi connectivity index (χ1) is 12.3. The molecule has 1 aliphatic carbocycles. The highest BCUT2D eigenvalue weighted by Crippen LogP contribution is 2.37. The Morgan fingerprint density at radius 1 is 1.46 bits per heavy atom. The first-order valence-corrected chi connectivity index (χ1v) is 8.02. The normalized spacial score (nSPS) is 24.8. The third-order valence-corrected chi connectivity index (χ3v) is 4.50. The van der Waals surface area contributed by atoms with Crippen LogP contribution in [0.25, 0.3) is 5.57 Å². The van der Waals surface area contributed by atoms with E-state index in [2.05, 4.69) is 20.6 Å². The number of amides is 1. The molecule has 1 fully saturated rings. The fraction of sp³-hybridized carbons (Fsp3) is 0.438. The molecule has 140 valence electrons. The lowest BCUT2D eigenvalue weighted by atomic mass is 10.0. The summed E-state index contributed by atoms with van der Waals surface area (Å²) in [5.74, 6) is -4.41. The molecule has 7 nitrogen and oxygen atoms in total. The third-order valence-electron chi connectivity index (χ3n) is 4.50. The molecule has 2 atom stereocenters. The summed E-state index contributed by atoms with van der Waals surface area (Å²) < 4.78 is 41.9. The second-order valence-corrected chi connectivity index (χ2v) is 6.35. The van der Waals surface area contributed by atoms with Gasteiger partial charge in [0.1, 0.15) is 0 Å². The number of carbonyl (C=O) groups is 1. The Morgan fingerprint density at radius 2 is 2.19 bits per heavy atom. The van der Waals surface area contributed by atoms with Crippen LogP contribution in [0.1, 0.15) is 34.5 Å². The van der Waals surface area contributed by atoms with Gasteiger partial charge in [-0.15, -0.1) is 0 Å². The molecule has 0 spiro atoms. The van der Waals surface area contributed by atoms with Crippen LogP contribution in [0.3, 0.4) is 0 Å². The van der Waals surface area contributed by atoms with E-state index in [4.69, 9.17) is 11.5 Å². The molecule has 26 heavy (non-hydrogen) atoms. The van der Waals surface area contributed by atoms with Crippen LogP contribution < -0.4 is 22.1 Å². The number of carbonyl (C=O) groups excluding carboxylic acids is 1. The molecular formula is C16H19F3N6O. The van der Waals surface area contributed by atoms with Gasteiger partial charge in [-0.2, -0.15) is 0 Å². The lowest BCUT2D eigenvalue weighted by Crippen LogP contribution is -2.36. The molecule has 1 aromatic heterocycles. The van der Waals surface area contributed by atoms with Crippen LogP contribution in [0.2, 0.25) is 0 Å². The molecule has 6 N–H and O–H groups in total. The van der Waals surface area contributed by atoms with E-state index < -0.39 is 42.6 Å². The largest absolute Gasteiger partial charge is 0.404 e. The molecule has 3 rings (SSSR count). The first-order valence-electron chi connectivity index (χ1n) is 8.02. The molecule has 0 aromatic carbocycles. The summed E-state index contributed by atoms with van der Waals surface area (Å²) in [7, 11) is 1.51. The van der Waals surface area contributed by atoms with Gasteiger partial charge in [-0.05, 0) is 0 Å². The van der Waals surface area contributed by atoms with E-state index >= 15 is 0 Å². The summed E-state index contributed by atoms with van der Waals surface area (Å²) in [5.41, 5.74) is 11.9.